The molecule has 1 unspecified atom stereocenters. The van der Waals surface area contributed by atoms with Crippen molar-refractivity contribution < 1.29 is 4.39 Å². The predicted octanol–water partition coefficient (Wildman–Crippen LogP) is 2.94. The molecule has 0 amide bonds. The van der Waals surface area contributed by atoms with E-state index in [0.29, 0.717) is 5.69 Å². The molecule has 0 saturated carbocycles. The highest BCUT2D eigenvalue weighted by Gasteiger charge is 2.17. The minimum Gasteiger partial charge on any atom is -0.310 e. The van der Waals surface area contributed by atoms with Crippen molar-refractivity contribution in [1.82, 2.24) is 14.9 Å². The zero-order valence-corrected chi connectivity index (χ0v) is 11.6. The summed E-state index contributed by atoms with van der Waals surface area (Å²) < 4.78 is 15.7. The quantitative estimate of drug-likeness (QED) is 0.910. The van der Waals surface area contributed by atoms with E-state index < -0.39 is 0 Å². The van der Waals surface area contributed by atoms with Gasteiger partial charge in [-0.1, -0.05) is 19.1 Å². The molecule has 0 bridgehead atoms. The van der Waals surface area contributed by atoms with Gasteiger partial charge in [-0.15, -0.1) is 0 Å². The zero-order valence-electron chi connectivity index (χ0n) is 11.6. The average Bonchev–Trinajstić information content (AvgIpc) is 2.92. The molecule has 1 heterocycles. The number of aromatic nitrogens is 2. The highest BCUT2D eigenvalue weighted by atomic mass is 19.1. The fourth-order valence-corrected chi connectivity index (χ4v) is 2.17. The van der Waals surface area contributed by atoms with Crippen molar-refractivity contribution in [3.8, 4) is 11.8 Å². The van der Waals surface area contributed by atoms with E-state index in [2.05, 4.69) is 17.2 Å². The largest absolute Gasteiger partial charge is 0.310 e. The summed E-state index contributed by atoms with van der Waals surface area (Å²) >= 11 is 0. The van der Waals surface area contributed by atoms with Crippen LogP contribution in [0.15, 0.2) is 30.6 Å². The van der Waals surface area contributed by atoms with Crippen LogP contribution in [0.1, 0.15) is 37.7 Å². The van der Waals surface area contributed by atoms with Crippen LogP contribution in [0.25, 0.3) is 5.69 Å². The van der Waals surface area contributed by atoms with E-state index in [1.54, 1.807) is 12.3 Å². The topological polar surface area (TPSA) is 53.6 Å². The SMILES string of the molecule is CCCNC(C)c1cccc(F)c1-n1ccnc1C#N. The highest BCUT2D eigenvalue weighted by molar-refractivity contribution is 5.46. The minimum atomic E-state index is -0.359. The Kier molecular flexibility index (Phi) is 4.49. The normalized spacial score (nSPS) is 12.1. The molecular weight excluding hydrogens is 255 g/mol. The fraction of sp³-hybridized carbons (Fsp3) is 0.333. The number of hydrogen-bond acceptors (Lipinski definition) is 3. The molecule has 1 aromatic carbocycles. The van der Waals surface area contributed by atoms with Crippen LogP contribution in [0.4, 0.5) is 4.39 Å². The molecule has 2 rings (SSSR count). The maximum Gasteiger partial charge on any atom is 0.217 e. The van der Waals surface area contributed by atoms with E-state index >= 15 is 0 Å². The second-order valence-corrected chi connectivity index (χ2v) is 4.59. The van der Waals surface area contributed by atoms with E-state index in [-0.39, 0.29) is 17.7 Å². The number of hydrogen-bond donors (Lipinski definition) is 1. The summed E-state index contributed by atoms with van der Waals surface area (Å²) in [6.45, 7) is 4.92. The summed E-state index contributed by atoms with van der Waals surface area (Å²) in [7, 11) is 0. The van der Waals surface area contributed by atoms with Crippen LogP contribution in [0.5, 0.6) is 0 Å². The Bertz CT molecular complexity index is 627. The van der Waals surface area contributed by atoms with E-state index in [1.165, 1.54) is 16.8 Å². The lowest BCUT2D eigenvalue weighted by Gasteiger charge is -2.19. The first-order valence-electron chi connectivity index (χ1n) is 6.64. The minimum absolute atomic E-state index is 0.00501. The standard InChI is InChI=1S/C15H17FN4/c1-3-7-18-11(2)12-5-4-6-13(16)15(12)20-9-8-19-14(20)10-17/h4-6,8-9,11,18H,3,7H2,1-2H3. The van der Waals surface area contributed by atoms with Gasteiger partial charge in [-0.25, -0.2) is 9.37 Å². The van der Waals surface area contributed by atoms with Gasteiger partial charge in [0.2, 0.25) is 5.82 Å². The van der Waals surface area contributed by atoms with Gasteiger partial charge in [-0.05, 0) is 31.5 Å². The molecule has 1 atom stereocenters. The van der Waals surface area contributed by atoms with Gasteiger partial charge in [0.15, 0.2) is 0 Å². The lowest BCUT2D eigenvalue weighted by atomic mass is 10.1. The number of nitrogens with one attached hydrogen (secondary N) is 1. The number of nitriles is 1. The summed E-state index contributed by atoms with van der Waals surface area (Å²) in [5.41, 5.74) is 1.20. The Morgan fingerprint density at radius 1 is 1.50 bits per heavy atom. The first kappa shape index (κ1) is 14.2. The summed E-state index contributed by atoms with van der Waals surface area (Å²) in [5.74, 6) is -0.179. The highest BCUT2D eigenvalue weighted by Crippen LogP contribution is 2.25. The third-order valence-electron chi connectivity index (χ3n) is 3.17. The van der Waals surface area contributed by atoms with Crippen LogP contribution >= 0.6 is 0 Å². The molecule has 0 aliphatic carbocycles. The van der Waals surface area contributed by atoms with Gasteiger partial charge >= 0.3 is 0 Å². The van der Waals surface area contributed by atoms with Crippen molar-refractivity contribution >= 4 is 0 Å². The van der Waals surface area contributed by atoms with Crippen LogP contribution in [-0.4, -0.2) is 16.1 Å². The van der Waals surface area contributed by atoms with Crippen LogP contribution < -0.4 is 5.32 Å². The van der Waals surface area contributed by atoms with Crippen molar-refractivity contribution in [2.24, 2.45) is 0 Å². The van der Waals surface area contributed by atoms with E-state index in [4.69, 9.17) is 5.26 Å². The molecule has 20 heavy (non-hydrogen) atoms. The molecule has 0 saturated heterocycles. The molecule has 104 valence electrons. The summed E-state index contributed by atoms with van der Waals surface area (Å²) in [6, 6.07) is 6.92. The van der Waals surface area contributed by atoms with Crippen molar-refractivity contribution in [2.75, 3.05) is 6.54 Å². The van der Waals surface area contributed by atoms with Crippen LogP contribution in [0.2, 0.25) is 0 Å². The third kappa shape index (κ3) is 2.70. The first-order valence-corrected chi connectivity index (χ1v) is 6.64. The zero-order chi connectivity index (χ0) is 14.5. The molecule has 1 N–H and O–H groups in total. The number of nitrogens with zero attached hydrogens (tertiary/aromatic N) is 3. The molecule has 2 aromatic rings. The maximum atomic E-state index is 14.2. The summed E-state index contributed by atoms with van der Waals surface area (Å²) in [6.07, 6.45) is 4.11. The Morgan fingerprint density at radius 2 is 2.30 bits per heavy atom. The molecule has 0 fully saturated rings. The second kappa shape index (κ2) is 6.31. The predicted molar refractivity (Wildman–Crippen MR) is 74.9 cm³/mol. The van der Waals surface area contributed by atoms with Gasteiger partial charge in [-0.2, -0.15) is 5.26 Å². The van der Waals surface area contributed by atoms with E-state index in [9.17, 15) is 4.39 Å². The number of halogens is 1. The molecular formula is C15H17FN4. The summed E-state index contributed by atoms with van der Waals surface area (Å²) in [5, 5.41) is 12.4. The number of imidazole rings is 1. The van der Waals surface area contributed by atoms with Crippen molar-refractivity contribution in [3.05, 3.63) is 47.8 Å². The van der Waals surface area contributed by atoms with E-state index in [0.717, 1.165) is 18.5 Å². The van der Waals surface area contributed by atoms with Crippen LogP contribution in [0, 0.1) is 17.1 Å². The van der Waals surface area contributed by atoms with E-state index in [1.807, 2.05) is 19.1 Å². The Hall–Kier alpha value is -2.19. The van der Waals surface area contributed by atoms with Crippen LogP contribution in [0.3, 0.4) is 0 Å². The first-order chi connectivity index (χ1) is 9.69. The molecule has 1 aromatic heterocycles. The molecule has 0 aliphatic heterocycles. The summed E-state index contributed by atoms with van der Waals surface area (Å²) in [4.78, 5) is 3.93. The van der Waals surface area contributed by atoms with Gasteiger partial charge in [-0.3, -0.25) is 4.57 Å². The number of benzene rings is 1. The molecule has 0 aliphatic rings. The molecule has 0 radical (unpaired) electrons. The number of para-hydroxylation sites is 1. The average molecular weight is 272 g/mol. The Morgan fingerprint density at radius 3 is 3.00 bits per heavy atom. The lowest BCUT2D eigenvalue weighted by molar-refractivity contribution is 0.556. The monoisotopic (exact) mass is 272 g/mol. The van der Waals surface area contributed by atoms with Crippen molar-refractivity contribution in [3.63, 3.8) is 0 Å². The lowest BCUT2D eigenvalue weighted by Crippen LogP contribution is -2.21. The van der Waals surface area contributed by atoms with Gasteiger partial charge < -0.3 is 5.32 Å². The second-order valence-electron chi connectivity index (χ2n) is 4.59. The third-order valence-corrected chi connectivity index (χ3v) is 3.17. The van der Waals surface area contributed by atoms with Gasteiger partial charge in [0.05, 0.1) is 5.69 Å². The molecule has 5 heteroatoms. The van der Waals surface area contributed by atoms with Crippen molar-refractivity contribution in [1.29, 1.82) is 5.26 Å². The van der Waals surface area contributed by atoms with Gasteiger partial charge in [0.25, 0.3) is 0 Å². The Balaban J connectivity index is 2.50. The van der Waals surface area contributed by atoms with Gasteiger partial charge in [0, 0.05) is 18.4 Å². The number of rotatable bonds is 5. The van der Waals surface area contributed by atoms with Crippen molar-refractivity contribution in [2.45, 2.75) is 26.3 Å². The Labute approximate surface area is 117 Å². The molecule has 0 spiro atoms. The maximum absolute atomic E-state index is 14.2. The fourth-order valence-electron chi connectivity index (χ4n) is 2.17. The van der Waals surface area contributed by atoms with Crippen LogP contribution in [-0.2, 0) is 0 Å². The van der Waals surface area contributed by atoms with Gasteiger partial charge in [0.1, 0.15) is 11.9 Å². The molecule has 4 nitrogen and oxygen atoms in total. The smallest absolute Gasteiger partial charge is 0.217 e.